The molecule has 0 radical (unpaired) electrons. The van der Waals surface area contributed by atoms with Crippen LogP contribution in [0.5, 0.6) is 0 Å². The van der Waals surface area contributed by atoms with E-state index in [4.69, 9.17) is 4.74 Å². The van der Waals surface area contributed by atoms with Gasteiger partial charge in [-0.2, -0.15) is 5.10 Å². The summed E-state index contributed by atoms with van der Waals surface area (Å²) in [5, 5.41) is 10.7. The molecule has 1 saturated heterocycles. The molecule has 136 valence electrons. The lowest BCUT2D eigenvalue weighted by Crippen LogP contribution is -2.47. The Morgan fingerprint density at radius 2 is 2.08 bits per heavy atom. The van der Waals surface area contributed by atoms with E-state index < -0.39 is 0 Å². The highest BCUT2D eigenvalue weighted by Crippen LogP contribution is 2.28. The summed E-state index contributed by atoms with van der Waals surface area (Å²) in [6.45, 7) is 3.21. The summed E-state index contributed by atoms with van der Waals surface area (Å²) >= 11 is 0. The van der Waals surface area contributed by atoms with Crippen molar-refractivity contribution in [3.8, 4) is 5.69 Å². The molecule has 3 rings (SSSR count). The van der Waals surface area contributed by atoms with E-state index in [0.717, 1.165) is 31.6 Å². The van der Waals surface area contributed by atoms with Crippen LogP contribution in [0.25, 0.3) is 5.69 Å². The second-order valence-corrected chi connectivity index (χ2v) is 6.33. The number of halogens is 1. The molecular formula is C18H25ClN4O2. The van der Waals surface area contributed by atoms with E-state index in [1.165, 1.54) is 0 Å². The van der Waals surface area contributed by atoms with Crippen molar-refractivity contribution in [2.75, 3.05) is 33.4 Å². The van der Waals surface area contributed by atoms with E-state index in [-0.39, 0.29) is 23.7 Å². The maximum Gasteiger partial charge on any atom is 0.253 e. The molecule has 2 aromatic rings. The second kappa shape index (κ2) is 8.99. The predicted molar refractivity (Wildman–Crippen MR) is 99.6 cm³/mol. The fourth-order valence-electron chi connectivity index (χ4n) is 3.28. The number of methoxy groups -OCH3 is 1. The van der Waals surface area contributed by atoms with Crippen molar-refractivity contribution in [3.63, 3.8) is 0 Å². The summed E-state index contributed by atoms with van der Waals surface area (Å²) in [7, 11) is 1.72. The summed E-state index contributed by atoms with van der Waals surface area (Å²) in [4.78, 5) is 12.7. The molecule has 0 aliphatic carbocycles. The van der Waals surface area contributed by atoms with Crippen LogP contribution in [0.2, 0.25) is 0 Å². The number of nitrogens with zero attached hydrogens (tertiary/aromatic N) is 2. The largest absolute Gasteiger partial charge is 0.384 e. The standard InChI is InChI=1S/C18H24N4O2.ClH/c1-24-14-18(7-10-19-11-8-18)13-20-17(23)15-5-2-3-6-16(15)22-12-4-9-21-22;/h2-6,9,12,19H,7-8,10-11,13-14H2,1H3,(H,20,23);1H. The molecule has 25 heavy (non-hydrogen) atoms. The number of ether oxygens (including phenoxy) is 1. The highest BCUT2D eigenvalue weighted by atomic mass is 35.5. The van der Waals surface area contributed by atoms with Crippen LogP contribution in [0.1, 0.15) is 23.2 Å². The van der Waals surface area contributed by atoms with Crippen molar-refractivity contribution in [1.82, 2.24) is 20.4 Å². The molecule has 6 nitrogen and oxygen atoms in total. The molecule has 2 N–H and O–H groups in total. The molecule has 7 heteroatoms. The number of hydrogen-bond donors (Lipinski definition) is 2. The normalized spacial score (nSPS) is 16.0. The average molecular weight is 365 g/mol. The highest BCUT2D eigenvalue weighted by Gasteiger charge is 2.32. The zero-order valence-electron chi connectivity index (χ0n) is 14.4. The second-order valence-electron chi connectivity index (χ2n) is 6.33. The first-order chi connectivity index (χ1) is 11.7. The lowest BCUT2D eigenvalue weighted by Gasteiger charge is -2.37. The number of benzene rings is 1. The van der Waals surface area contributed by atoms with Gasteiger partial charge in [0.15, 0.2) is 0 Å². The predicted octanol–water partition coefficient (Wildman–Crippen LogP) is 2.04. The van der Waals surface area contributed by atoms with Crippen LogP contribution in [0.15, 0.2) is 42.7 Å². The van der Waals surface area contributed by atoms with E-state index >= 15 is 0 Å². The Bertz CT molecular complexity index is 664. The first-order valence-electron chi connectivity index (χ1n) is 8.31. The lowest BCUT2D eigenvalue weighted by molar-refractivity contribution is 0.0511. The Hall–Kier alpha value is -1.89. The van der Waals surface area contributed by atoms with Crippen LogP contribution in [0.4, 0.5) is 0 Å². The lowest BCUT2D eigenvalue weighted by atomic mass is 9.79. The van der Waals surface area contributed by atoms with Crippen molar-refractivity contribution in [2.45, 2.75) is 12.8 Å². The van der Waals surface area contributed by atoms with Crippen LogP contribution in [-0.4, -0.2) is 49.0 Å². The summed E-state index contributed by atoms with van der Waals surface area (Å²) in [5.74, 6) is -0.0740. The topological polar surface area (TPSA) is 68.2 Å². The monoisotopic (exact) mass is 364 g/mol. The van der Waals surface area contributed by atoms with Crippen molar-refractivity contribution >= 4 is 18.3 Å². The molecule has 0 atom stereocenters. The summed E-state index contributed by atoms with van der Waals surface area (Å²) in [5.41, 5.74) is 1.42. The molecule has 2 heterocycles. The smallest absolute Gasteiger partial charge is 0.253 e. The number of piperidine rings is 1. The summed E-state index contributed by atoms with van der Waals surface area (Å²) in [6, 6.07) is 9.36. The van der Waals surface area contributed by atoms with E-state index in [0.29, 0.717) is 18.7 Å². The van der Waals surface area contributed by atoms with Crippen LogP contribution >= 0.6 is 12.4 Å². The van der Waals surface area contributed by atoms with Gasteiger partial charge in [-0.15, -0.1) is 12.4 Å². The fraction of sp³-hybridized carbons (Fsp3) is 0.444. The molecule has 1 fully saturated rings. The minimum absolute atomic E-state index is 0. The van der Waals surface area contributed by atoms with Gasteiger partial charge in [-0.1, -0.05) is 12.1 Å². The van der Waals surface area contributed by atoms with Crippen molar-refractivity contribution < 1.29 is 9.53 Å². The third kappa shape index (κ3) is 4.60. The number of rotatable bonds is 6. The molecule has 1 aromatic carbocycles. The molecule has 0 unspecified atom stereocenters. The molecule has 0 bridgehead atoms. The number of aromatic nitrogens is 2. The van der Waals surface area contributed by atoms with E-state index in [1.54, 1.807) is 18.0 Å². The SMILES string of the molecule is COCC1(CNC(=O)c2ccccc2-n2cccn2)CCNCC1.Cl. The number of para-hydroxylation sites is 1. The zero-order valence-corrected chi connectivity index (χ0v) is 15.2. The van der Waals surface area contributed by atoms with Gasteiger partial charge >= 0.3 is 0 Å². The van der Waals surface area contributed by atoms with Gasteiger partial charge in [0, 0.05) is 31.5 Å². The summed E-state index contributed by atoms with van der Waals surface area (Å²) in [6.07, 6.45) is 5.55. The van der Waals surface area contributed by atoms with Gasteiger partial charge < -0.3 is 15.4 Å². The van der Waals surface area contributed by atoms with Gasteiger partial charge in [0.2, 0.25) is 0 Å². The van der Waals surface area contributed by atoms with Crippen LogP contribution < -0.4 is 10.6 Å². The van der Waals surface area contributed by atoms with Gasteiger partial charge in [0.05, 0.1) is 17.9 Å². The molecule has 1 aromatic heterocycles. The third-order valence-electron chi connectivity index (χ3n) is 4.64. The van der Waals surface area contributed by atoms with Crippen molar-refractivity contribution in [3.05, 3.63) is 48.3 Å². The van der Waals surface area contributed by atoms with Gasteiger partial charge in [-0.25, -0.2) is 4.68 Å². The Morgan fingerprint density at radius 1 is 1.32 bits per heavy atom. The number of hydrogen-bond acceptors (Lipinski definition) is 4. The molecular weight excluding hydrogens is 340 g/mol. The van der Waals surface area contributed by atoms with E-state index in [1.807, 2.05) is 36.5 Å². The van der Waals surface area contributed by atoms with Gasteiger partial charge in [0.1, 0.15) is 0 Å². The molecule has 1 aliphatic heterocycles. The number of carbonyl (C=O) groups is 1. The molecule has 0 spiro atoms. The van der Waals surface area contributed by atoms with Crippen molar-refractivity contribution in [2.24, 2.45) is 5.41 Å². The van der Waals surface area contributed by atoms with Gasteiger partial charge in [-0.3, -0.25) is 4.79 Å². The maximum atomic E-state index is 12.7. The fourth-order valence-corrected chi connectivity index (χ4v) is 3.28. The molecule has 0 saturated carbocycles. The summed E-state index contributed by atoms with van der Waals surface area (Å²) < 4.78 is 7.12. The zero-order chi connectivity index (χ0) is 16.8. The number of amides is 1. The quantitative estimate of drug-likeness (QED) is 0.823. The molecule has 1 amide bonds. The number of nitrogens with one attached hydrogen (secondary N) is 2. The Morgan fingerprint density at radius 3 is 2.76 bits per heavy atom. The van der Waals surface area contributed by atoms with Gasteiger partial charge in [-0.05, 0) is 44.1 Å². The third-order valence-corrected chi connectivity index (χ3v) is 4.64. The van der Waals surface area contributed by atoms with Crippen LogP contribution in [0.3, 0.4) is 0 Å². The number of carbonyl (C=O) groups excluding carboxylic acids is 1. The Labute approximate surface area is 154 Å². The van der Waals surface area contributed by atoms with E-state index in [2.05, 4.69) is 15.7 Å². The van der Waals surface area contributed by atoms with Gasteiger partial charge in [0.25, 0.3) is 5.91 Å². The van der Waals surface area contributed by atoms with Crippen molar-refractivity contribution in [1.29, 1.82) is 0 Å². The minimum Gasteiger partial charge on any atom is -0.384 e. The van der Waals surface area contributed by atoms with E-state index in [9.17, 15) is 4.79 Å². The first kappa shape index (κ1) is 19.4. The van der Waals surface area contributed by atoms with Crippen LogP contribution in [-0.2, 0) is 4.74 Å². The molecule has 1 aliphatic rings. The minimum atomic E-state index is -0.0740. The average Bonchev–Trinajstić information content (AvgIpc) is 3.15. The Balaban J connectivity index is 0.00000225. The maximum absolute atomic E-state index is 12.7. The highest BCUT2D eigenvalue weighted by molar-refractivity contribution is 5.97. The van der Waals surface area contributed by atoms with Crippen LogP contribution in [0, 0.1) is 5.41 Å². The Kier molecular flexibility index (Phi) is 6.99. The first-order valence-corrected chi connectivity index (χ1v) is 8.31.